The molecule has 0 saturated carbocycles. The first-order valence-corrected chi connectivity index (χ1v) is 9.13. The van der Waals surface area contributed by atoms with Crippen LogP contribution >= 0.6 is 15.9 Å². The number of aromatic nitrogens is 2. The Bertz CT molecular complexity index is 901. The van der Waals surface area contributed by atoms with Crippen LogP contribution in [0.2, 0.25) is 0 Å². The van der Waals surface area contributed by atoms with E-state index in [0.29, 0.717) is 12.3 Å². The molecule has 6 nitrogen and oxygen atoms in total. The lowest BCUT2D eigenvalue weighted by Gasteiger charge is -2.06. The number of amides is 1. The maximum atomic E-state index is 12.3. The zero-order valence-electron chi connectivity index (χ0n) is 14.7. The predicted octanol–water partition coefficient (Wildman–Crippen LogP) is 4.08. The van der Waals surface area contributed by atoms with Crippen LogP contribution < -0.4 is 10.1 Å². The van der Waals surface area contributed by atoms with Gasteiger partial charge in [0.25, 0.3) is 5.91 Å². The van der Waals surface area contributed by atoms with Crippen molar-refractivity contribution in [3.8, 4) is 5.75 Å². The number of halogens is 1. The first-order valence-electron chi connectivity index (χ1n) is 8.34. The minimum Gasteiger partial charge on any atom is -0.484 e. The molecule has 0 spiro atoms. The van der Waals surface area contributed by atoms with Gasteiger partial charge in [0, 0.05) is 24.3 Å². The molecule has 26 heavy (non-hydrogen) atoms. The summed E-state index contributed by atoms with van der Waals surface area (Å²) in [6, 6.07) is 11.0. The lowest BCUT2D eigenvalue weighted by Crippen LogP contribution is -2.22. The number of hydrogen-bond acceptors (Lipinski definition) is 4. The number of ether oxygens (including phenoxy) is 1. The Hall–Kier alpha value is -2.54. The predicted molar refractivity (Wildman–Crippen MR) is 101 cm³/mol. The average Bonchev–Trinajstić information content (AvgIpc) is 3.26. The monoisotopic (exact) mass is 417 g/mol. The fourth-order valence-corrected chi connectivity index (χ4v) is 2.93. The summed E-state index contributed by atoms with van der Waals surface area (Å²) in [5.74, 6) is 1.30. The first kappa shape index (κ1) is 18.3. The number of carbonyl (C=O) groups excluding carboxylic acids is 1. The van der Waals surface area contributed by atoms with E-state index in [1.54, 1.807) is 18.3 Å². The Morgan fingerprint density at radius 1 is 1.31 bits per heavy atom. The molecular weight excluding hydrogens is 398 g/mol. The first-order chi connectivity index (χ1) is 12.6. The highest BCUT2D eigenvalue weighted by atomic mass is 79.9. The minimum absolute atomic E-state index is 0.248. The summed E-state index contributed by atoms with van der Waals surface area (Å²) >= 11 is 3.43. The van der Waals surface area contributed by atoms with Gasteiger partial charge < -0.3 is 14.5 Å². The van der Waals surface area contributed by atoms with Gasteiger partial charge in [-0.3, -0.25) is 9.48 Å². The number of rotatable bonds is 7. The zero-order valence-corrected chi connectivity index (χ0v) is 16.2. The van der Waals surface area contributed by atoms with Gasteiger partial charge in [-0.25, -0.2) is 0 Å². The molecular formula is C19H20BrN3O3. The van der Waals surface area contributed by atoms with Crippen LogP contribution in [0.15, 0.2) is 51.5 Å². The van der Waals surface area contributed by atoms with Gasteiger partial charge in [0.15, 0.2) is 5.76 Å². The summed E-state index contributed by atoms with van der Waals surface area (Å²) in [5, 5.41) is 7.13. The third kappa shape index (κ3) is 4.16. The van der Waals surface area contributed by atoms with Gasteiger partial charge in [0.05, 0.1) is 10.7 Å². The molecule has 2 aromatic heterocycles. The van der Waals surface area contributed by atoms with Crippen LogP contribution in [0.25, 0.3) is 0 Å². The van der Waals surface area contributed by atoms with E-state index in [-0.39, 0.29) is 18.3 Å². The maximum absolute atomic E-state index is 12.3. The van der Waals surface area contributed by atoms with Crippen molar-refractivity contribution in [2.24, 2.45) is 0 Å². The smallest absolute Gasteiger partial charge is 0.287 e. The van der Waals surface area contributed by atoms with Crippen LogP contribution in [-0.2, 0) is 19.7 Å². The third-order valence-corrected chi connectivity index (χ3v) is 4.69. The van der Waals surface area contributed by atoms with Gasteiger partial charge >= 0.3 is 0 Å². The molecule has 1 aromatic carbocycles. The van der Waals surface area contributed by atoms with Crippen molar-refractivity contribution in [3.05, 3.63) is 69.8 Å². The van der Waals surface area contributed by atoms with Gasteiger partial charge in [-0.1, -0.05) is 12.1 Å². The lowest BCUT2D eigenvalue weighted by atomic mass is 10.2. The molecule has 136 valence electrons. The molecule has 0 unspecified atom stereocenters. The molecule has 3 aromatic rings. The van der Waals surface area contributed by atoms with E-state index < -0.39 is 0 Å². The van der Waals surface area contributed by atoms with Crippen molar-refractivity contribution in [3.63, 3.8) is 0 Å². The fourth-order valence-electron chi connectivity index (χ4n) is 2.53. The number of hydrogen-bond donors (Lipinski definition) is 1. The van der Waals surface area contributed by atoms with Gasteiger partial charge in [0.2, 0.25) is 0 Å². The van der Waals surface area contributed by atoms with Crippen molar-refractivity contribution in [2.45, 2.75) is 33.5 Å². The van der Waals surface area contributed by atoms with Crippen molar-refractivity contribution in [1.82, 2.24) is 15.1 Å². The molecule has 1 amide bonds. The van der Waals surface area contributed by atoms with E-state index in [1.165, 1.54) is 0 Å². The Morgan fingerprint density at radius 2 is 2.12 bits per heavy atom. The van der Waals surface area contributed by atoms with Crippen LogP contribution in [0.5, 0.6) is 5.75 Å². The van der Waals surface area contributed by atoms with Crippen molar-refractivity contribution in [1.29, 1.82) is 0 Å². The number of nitrogens with one attached hydrogen (secondary N) is 1. The second-order valence-electron chi connectivity index (χ2n) is 5.74. The van der Waals surface area contributed by atoms with E-state index >= 15 is 0 Å². The van der Waals surface area contributed by atoms with E-state index in [1.807, 2.05) is 42.8 Å². The highest BCUT2D eigenvalue weighted by Crippen LogP contribution is 2.25. The van der Waals surface area contributed by atoms with E-state index in [4.69, 9.17) is 9.15 Å². The van der Waals surface area contributed by atoms with Crippen molar-refractivity contribution < 1.29 is 13.9 Å². The fraction of sp³-hybridized carbons (Fsp3) is 0.263. The summed E-state index contributed by atoms with van der Waals surface area (Å²) in [4.78, 5) is 12.3. The minimum atomic E-state index is -0.263. The number of nitrogens with zero attached hydrogens (tertiary/aromatic N) is 2. The largest absolute Gasteiger partial charge is 0.484 e. The summed E-state index contributed by atoms with van der Waals surface area (Å²) < 4.78 is 14.0. The van der Waals surface area contributed by atoms with Crippen LogP contribution in [0.1, 0.15) is 34.5 Å². The maximum Gasteiger partial charge on any atom is 0.287 e. The summed E-state index contributed by atoms with van der Waals surface area (Å²) in [5.41, 5.74) is 2.04. The van der Waals surface area contributed by atoms with Crippen molar-refractivity contribution >= 4 is 21.8 Å². The molecule has 2 heterocycles. The average molecular weight is 418 g/mol. The van der Waals surface area contributed by atoms with Gasteiger partial charge in [-0.15, -0.1) is 0 Å². The molecule has 0 bridgehead atoms. The van der Waals surface area contributed by atoms with Gasteiger partial charge in [-0.2, -0.15) is 5.10 Å². The molecule has 7 heteroatoms. The van der Waals surface area contributed by atoms with E-state index in [0.717, 1.165) is 28.0 Å². The Morgan fingerprint density at radius 3 is 2.85 bits per heavy atom. The van der Waals surface area contributed by atoms with Crippen LogP contribution in [0.3, 0.4) is 0 Å². The topological polar surface area (TPSA) is 69.3 Å². The number of furan rings is 1. The van der Waals surface area contributed by atoms with Gasteiger partial charge in [0.1, 0.15) is 18.1 Å². The Kier molecular flexibility index (Phi) is 5.78. The third-order valence-electron chi connectivity index (χ3n) is 4.04. The highest BCUT2D eigenvalue weighted by molar-refractivity contribution is 9.10. The summed E-state index contributed by atoms with van der Waals surface area (Å²) in [6.07, 6.45) is 1.78. The quantitative estimate of drug-likeness (QED) is 0.628. The molecule has 0 fully saturated rings. The summed E-state index contributed by atoms with van der Waals surface area (Å²) in [6.45, 7) is 5.48. The van der Waals surface area contributed by atoms with Gasteiger partial charge in [-0.05, 0) is 54.0 Å². The molecule has 0 aliphatic carbocycles. The standard InChI is InChI=1S/C19H20BrN3O3/c1-3-23-13(2)14(11-22-23)10-21-19(24)18-9-8-15(26-18)12-25-17-7-5-4-6-16(17)20/h4-9,11H,3,10,12H2,1-2H3,(H,21,24). The highest BCUT2D eigenvalue weighted by Gasteiger charge is 2.13. The number of para-hydroxylation sites is 1. The van der Waals surface area contributed by atoms with Crippen LogP contribution in [0, 0.1) is 6.92 Å². The number of aryl methyl sites for hydroxylation is 1. The second kappa shape index (κ2) is 8.23. The molecule has 3 rings (SSSR count). The number of carbonyl (C=O) groups is 1. The van der Waals surface area contributed by atoms with Crippen molar-refractivity contribution in [2.75, 3.05) is 0 Å². The SMILES string of the molecule is CCn1ncc(CNC(=O)c2ccc(COc3ccccc3Br)o2)c1C. The summed E-state index contributed by atoms with van der Waals surface area (Å²) in [7, 11) is 0. The van der Waals surface area contributed by atoms with E-state index in [2.05, 4.69) is 26.3 Å². The molecule has 0 saturated heterocycles. The van der Waals surface area contributed by atoms with E-state index in [9.17, 15) is 4.79 Å². The number of benzene rings is 1. The lowest BCUT2D eigenvalue weighted by molar-refractivity contribution is 0.0919. The normalized spacial score (nSPS) is 10.7. The second-order valence-corrected chi connectivity index (χ2v) is 6.59. The van der Waals surface area contributed by atoms with Crippen LogP contribution in [0.4, 0.5) is 0 Å². The molecule has 0 radical (unpaired) electrons. The molecule has 0 aliphatic rings. The Balaban J connectivity index is 1.56. The molecule has 0 atom stereocenters. The molecule has 1 N–H and O–H groups in total. The Labute approximate surface area is 160 Å². The van der Waals surface area contributed by atoms with Crippen LogP contribution in [-0.4, -0.2) is 15.7 Å². The zero-order chi connectivity index (χ0) is 18.5. The molecule has 0 aliphatic heterocycles.